The Labute approximate surface area is 143 Å². The van der Waals surface area contributed by atoms with Gasteiger partial charge < -0.3 is 9.64 Å². The summed E-state index contributed by atoms with van der Waals surface area (Å²) >= 11 is 1.84. The molecule has 0 saturated carbocycles. The van der Waals surface area contributed by atoms with Crippen LogP contribution in [0.3, 0.4) is 0 Å². The topological polar surface area (TPSA) is 47.4 Å². The Bertz CT molecular complexity index is 529. The summed E-state index contributed by atoms with van der Waals surface area (Å²) in [4.78, 5) is 19.0. The number of thioether (sulfide) groups is 1. The Morgan fingerprint density at radius 3 is 2.65 bits per heavy atom. The van der Waals surface area contributed by atoms with Crippen molar-refractivity contribution in [3.8, 4) is 0 Å². The summed E-state index contributed by atoms with van der Waals surface area (Å²) in [6.07, 6.45) is 6.15. The van der Waals surface area contributed by atoms with Gasteiger partial charge in [-0.15, -0.1) is 11.8 Å². The highest BCUT2D eigenvalue weighted by molar-refractivity contribution is 8.00. The fourth-order valence-electron chi connectivity index (χ4n) is 2.94. The molecule has 130 valence electrons. The van der Waals surface area contributed by atoms with Crippen molar-refractivity contribution in [3.05, 3.63) is 22.7 Å². The first-order valence-electron chi connectivity index (χ1n) is 8.76. The number of hydrogen-bond acceptors (Lipinski definition) is 5. The van der Waals surface area contributed by atoms with Crippen molar-refractivity contribution in [2.45, 2.75) is 57.1 Å². The lowest BCUT2D eigenvalue weighted by Crippen LogP contribution is -2.31. The summed E-state index contributed by atoms with van der Waals surface area (Å²) in [5, 5.41) is 0.684. The second kappa shape index (κ2) is 9.33. The molecule has 0 aromatic carbocycles. The maximum atomic E-state index is 12.4. The summed E-state index contributed by atoms with van der Waals surface area (Å²) in [7, 11) is 0. The van der Waals surface area contributed by atoms with Crippen LogP contribution in [0.2, 0.25) is 0 Å². The van der Waals surface area contributed by atoms with Gasteiger partial charge in [-0.2, -0.15) is 4.98 Å². The summed E-state index contributed by atoms with van der Waals surface area (Å²) in [6.45, 7) is 9.73. The molecule has 1 aliphatic heterocycles. The maximum Gasteiger partial charge on any atom is 0.350 e. The average molecular weight is 340 g/mol. The molecule has 1 aromatic rings. The number of aromatic nitrogens is 2. The molecule has 0 spiro atoms. The molecular weight excluding hydrogens is 310 g/mol. The lowest BCUT2D eigenvalue weighted by Gasteiger charge is -2.23. The monoisotopic (exact) mass is 339 g/mol. The van der Waals surface area contributed by atoms with Crippen molar-refractivity contribution in [1.82, 2.24) is 9.55 Å². The van der Waals surface area contributed by atoms with Gasteiger partial charge >= 0.3 is 5.69 Å². The molecule has 0 radical (unpaired) electrons. The van der Waals surface area contributed by atoms with Crippen LogP contribution >= 0.6 is 11.8 Å². The van der Waals surface area contributed by atoms with Gasteiger partial charge in [0.2, 0.25) is 0 Å². The fraction of sp³-hybridized carbons (Fsp3) is 0.765. The molecule has 1 unspecified atom stereocenters. The standard InChI is InChI=1S/C17H29N3O2S/c1-4-10-19(11-5-2)15-9-12-20(17(21)18-15)16-8-7-14(23-16)13-22-6-3/h9,12,14,16H,4-8,10-11,13H2,1-3H3/t14-,16?/m1/s1. The van der Waals surface area contributed by atoms with Crippen LogP contribution < -0.4 is 10.6 Å². The zero-order valence-corrected chi connectivity index (χ0v) is 15.3. The second-order valence-corrected chi connectivity index (χ2v) is 7.40. The highest BCUT2D eigenvalue weighted by atomic mass is 32.2. The van der Waals surface area contributed by atoms with E-state index >= 15 is 0 Å². The van der Waals surface area contributed by atoms with Gasteiger partial charge in [-0.25, -0.2) is 4.79 Å². The van der Waals surface area contributed by atoms with Crippen molar-refractivity contribution in [2.75, 3.05) is 31.2 Å². The van der Waals surface area contributed by atoms with Gasteiger partial charge in [0.15, 0.2) is 0 Å². The van der Waals surface area contributed by atoms with E-state index in [2.05, 4.69) is 23.7 Å². The third-order valence-electron chi connectivity index (χ3n) is 4.03. The van der Waals surface area contributed by atoms with E-state index in [1.165, 1.54) is 0 Å². The zero-order valence-electron chi connectivity index (χ0n) is 14.5. The summed E-state index contributed by atoms with van der Waals surface area (Å²) in [5.74, 6) is 0.809. The first-order chi connectivity index (χ1) is 11.2. The predicted octanol–water partition coefficient (Wildman–Crippen LogP) is 3.30. The van der Waals surface area contributed by atoms with Crippen molar-refractivity contribution < 1.29 is 4.74 Å². The maximum absolute atomic E-state index is 12.4. The molecule has 0 aliphatic carbocycles. The number of hydrogen-bond donors (Lipinski definition) is 0. The minimum atomic E-state index is -0.130. The second-order valence-electron chi connectivity index (χ2n) is 5.91. The molecule has 1 fully saturated rings. The van der Waals surface area contributed by atoms with Crippen LogP contribution in [0.1, 0.15) is 51.8 Å². The number of ether oxygens (including phenoxy) is 1. The minimum absolute atomic E-state index is 0.130. The Hall–Kier alpha value is -1.01. The lowest BCUT2D eigenvalue weighted by atomic mass is 10.2. The summed E-state index contributed by atoms with van der Waals surface area (Å²) in [5.41, 5.74) is -0.130. The molecule has 2 atom stereocenters. The first-order valence-corrected chi connectivity index (χ1v) is 9.71. The molecule has 0 N–H and O–H groups in total. The Kier molecular flexibility index (Phi) is 7.43. The minimum Gasteiger partial charge on any atom is -0.381 e. The molecule has 1 aliphatic rings. The summed E-state index contributed by atoms with van der Waals surface area (Å²) < 4.78 is 7.29. The van der Waals surface area contributed by atoms with E-state index in [1.807, 2.05) is 30.9 Å². The third kappa shape index (κ3) is 4.98. The molecule has 0 amide bonds. The van der Waals surface area contributed by atoms with Crippen LogP contribution in [0.25, 0.3) is 0 Å². The Morgan fingerprint density at radius 1 is 1.30 bits per heavy atom. The molecule has 0 bridgehead atoms. The normalized spacial score (nSPS) is 20.8. The van der Waals surface area contributed by atoms with Gasteiger partial charge in [-0.05, 0) is 38.7 Å². The van der Waals surface area contributed by atoms with Gasteiger partial charge in [-0.3, -0.25) is 4.57 Å². The Balaban J connectivity index is 2.06. The van der Waals surface area contributed by atoms with Crippen molar-refractivity contribution in [1.29, 1.82) is 0 Å². The summed E-state index contributed by atoms with van der Waals surface area (Å²) in [6, 6.07) is 1.99. The van der Waals surface area contributed by atoms with Crippen molar-refractivity contribution in [2.24, 2.45) is 0 Å². The largest absolute Gasteiger partial charge is 0.381 e. The average Bonchev–Trinajstić information content (AvgIpc) is 3.01. The van der Waals surface area contributed by atoms with Gasteiger partial charge in [0.1, 0.15) is 5.82 Å². The molecule has 2 heterocycles. The van der Waals surface area contributed by atoms with Crippen LogP contribution in [0.4, 0.5) is 5.82 Å². The molecule has 5 nitrogen and oxygen atoms in total. The molecule has 1 aromatic heterocycles. The van der Waals surface area contributed by atoms with E-state index in [0.717, 1.165) is 57.8 Å². The smallest absolute Gasteiger partial charge is 0.350 e. The third-order valence-corrected chi connectivity index (χ3v) is 5.56. The Morgan fingerprint density at radius 2 is 2.04 bits per heavy atom. The molecule has 6 heteroatoms. The van der Waals surface area contributed by atoms with Gasteiger partial charge in [0.25, 0.3) is 0 Å². The molecular formula is C17H29N3O2S. The van der Waals surface area contributed by atoms with E-state index in [0.29, 0.717) is 5.25 Å². The fourth-order valence-corrected chi connectivity index (χ4v) is 4.40. The SMILES string of the molecule is CCCN(CCC)c1ccn(C2CC[C@H](COCC)S2)c(=O)n1. The van der Waals surface area contributed by atoms with Gasteiger partial charge in [0, 0.05) is 31.1 Å². The predicted molar refractivity (Wildman–Crippen MR) is 97.4 cm³/mol. The van der Waals surface area contributed by atoms with Gasteiger partial charge in [-0.1, -0.05) is 13.8 Å². The molecule has 23 heavy (non-hydrogen) atoms. The van der Waals surface area contributed by atoms with Crippen LogP contribution in [0.5, 0.6) is 0 Å². The zero-order chi connectivity index (χ0) is 16.7. The van der Waals surface area contributed by atoms with E-state index in [4.69, 9.17) is 4.74 Å². The van der Waals surface area contributed by atoms with Crippen LogP contribution in [-0.4, -0.2) is 41.1 Å². The number of anilines is 1. The lowest BCUT2D eigenvalue weighted by molar-refractivity contribution is 0.148. The van der Waals surface area contributed by atoms with Gasteiger partial charge in [0.05, 0.1) is 12.0 Å². The van der Waals surface area contributed by atoms with E-state index in [9.17, 15) is 4.79 Å². The number of rotatable bonds is 9. The van der Waals surface area contributed by atoms with Crippen LogP contribution in [0, 0.1) is 0 Å². The molecule has 2 rings (SSSR count). The van der Waals surface area contributed by atoms with Crippen LogP contribution in [-0.2, 0) is 4.74 Å². The van der Waals surface area contributed by atoms with Crippen molar-refractivity contribution >= 4 is 17.6 Å². The quantitative estimate of drug-likeness (QED) is 0.691. The molecule has 1 saturated heterocycles. The van der Waals surface area contributed by atoms with E-state index in [1.54, 1.807) is 4.57 Å². The first kappa shape index (κ1) is 18.3. The van der Waals surface area contributed by atoms with E-state index < -0.39 is 0 Å². The van der Waals surface area contributed by atoms with Crippen molar-refractivity contribution in [3.63, 3.8) is 0 Å². The van der Waals surface area contributed by atoms with E-state index in [-0.39, 0.29) is 11.1 Å². The van der Waals surface area contributed by atoms with Crippen LogP contribution in [0.15, 0.2) is 17.1 Å². The number of nitrogens with zero attached hydrogens (tertiary/aromatic N) is 3. The highest BCUT2D eigenvalue weighted by Gasteiger charge is 2.27. The highest BCUT2D eigenvalue weighted by Crippen LogP contribution is 2.40.